The van der Waals surface area contributed by atoms with Gasteiger partial charge >= 0.3 is 0 Å². The summed E-state index contributed by atoms with van der Waals surface area (Å²) in [5.41, 5.74) is 8.43. The van der Waals surface area contributed by atoms with Crippen molar-refractivity contribution in [1.29, 1.82) is 0 Å². The second-order valence-corrected chi connectivity index (χ2v) is 7.09. The Morgan fingerprint density at radius 2 is 1.89 bits per heavy atom. The van der Waals surface area contributed by atoms with Crippen molar-refractivity contribution in [1.82, 2.24) is 14.9 Å². The van der Waals surface area contributed by atoms with Crippen molar-refractivity contribution in [2.75, 3.05) is 31.6 Å². The van der Waals surface area contributed by atoms with Crippen LogP contribution in [0.5, 0.6) is 0 Å². The Morgan fingerprint density at radius 3 is 2.52 bits per heavy atom. The van der Waals surface area contributed by atoms with Crippen LogP contribution in [0.25, 0.3) is 11.1 Å². The molecule has 7 nitrogen and oxygen atoms in total. The van der Waals surface area contributed by atoms with Gasteiger partial charge in [-0.1, -0.05) is 18.2 Å². The molecule has 0 unspecified atom stereocenters. The topological polar surface area (TPSA) is 84.6 Å². The maximum absolute atomic E-state index is 11.7. The first-order chi connectivity index (χ1) is 13.0. The maximum atomic E-state index is 11.7. The molecule has 0 aliphatic carbocycles. The number of carbonyl (C=O) groups is 1. The van der Waals surface area contributed by atoms with Gasteiger partial charge in [0.05, 0.1) is 18.8 Å². The highest BCUT2D eigenvalue weighted by Crippen LogP contribution is 2.22. The number of ether oxygens (including phenoxy) is 1. The highest BCUT2D eigenvalue weighted by molar-refractivity contribution is 5.77. The minimum Gasteiger partial charge on any atom is -0.372 e. The Morgan fingerprint density at radius 1 is 1.22 bits per heavy atom. The van der Waals surface area contributed by atoms with E-state index in [1.165, 1.54) is 0 Å². The average molecular weight is 369 g/mol. The van der Waals surface area contributed by atoms with E-state index in [1.54, 1.807) is 11.9 Å². The molecule has 2 atom stereocenters. The van der Waals surface area contributed by atoms with Crippen molar-refractivity contribution in [2.24, 2.45) is 5.73 Å². The Labute approximate surface area is 160 Å². The van der Waals surface area contributed by atoms with Crippen LogP contribution in [0.3, 0.4) is 0 Å². The summed E-state index contributed by atoms with van der Waals surface area (Å²) in [5.74, 6) is 0.646. The molecule has 3 rings (SSSR count). The molecule has 1 amide bonds. The number of hydrogen-bond acceptors (Lipinski definition) is 6. The molecule has 0 bridgehead atoms. The van der Waals surface area contributed by atoms with Crippen molar-refractivity contribution < 1.29 is 9.53 Å². The number of hydrogen-bond donors (Lipinski definition) is 1. The molecule has 144 valence electrons. The van der Waals surface area contributed by atoms with E-state index in [4.69, 9.17) is 10.5 Å². The van der Waals surface area contributed by atoms with E-state index in [1.807, 2.05) is 30.6 Å². The summed E-state index contributed by atoms with van der Waals surface area (Å²) in [6.45, 7) is 6.25. The number of anilines is 1. The Bertz CT molecular complexity index is 770. The zero-order valence-electron chi connectivity index (χ0n) is 16.1. The monoisotopic (exact) mass is 369 g/mol. The maximum Gasteiger partial charge on any atom is 0.236 e. The van der Waals surface area contributed by atoms with Crippen LogP contribution in [-0.4, -0.2) is 59.7 Å². The molecule has 1 aromatic carbocycles. The first-order valence-electron chi connectivity index (χ1n) is 9.22. The van der Waals surface area contributed by atoms with Gasteiger partial charge in [0.2, 0.25) is 11.9 Å². The van der Waals surface area contributed by atoms with Crippen molar-refractivity contribution in [3.05, 3.63) is 42.2 Å². The lowest BCUT2D eigenvalue weighted by Gasteiger charge is -2.35. The van der Waals surface area contributed by atoms with Crippen LogP contribution in [0.2, 0.25) is 0 Å². The lowest BCUT2D eigenvalue weighted by Crippen LogP contribution is -2.46. The predicted molar refractivity (Wildman–Crippen MR) is 105 cm³/mol. The third kappa shape index (κ3) is 4.81. The van der Waals surface area contributed by atoms with Crippen LogP contribution in [0.15, 0.2) is 36.7 Å². The molecule has 1 saturated heterocycles. The number of carbonyl (C=O) groups excluding carboxylic acids is 1. The van der Waals surface area contributed by atoms with Crippen LogP contribution in [-0.2, 0) is 16.1 Å². The van der Waals surface area contributed by atoms with E-state index in [-0.39, 0.29) is 24.7 Å². The third-order valence-electron chi connectivity index (χ3n) is 4.62. The lowest BCUT2D eigenvalue weighted by atomic mass is 10.1. The van der Waals surface area contributed by atoms with Crippen molar-refractivity contribution >= 4 is 11.9 Å². The van der Waals surface area contributed by atoms with E-state index in [0.29, 0.717) is 6.54 Å². The van der Waals surface area contributed by atoms with Crippen LogP contribution < -0.4 is 10.6 Å². The van der Waals surface area contributed by atoms with Gasteiger partial charge in [-0.2, -0.15) is 0 Å². The fourth-order valence-electron chi connectivity index (χ4n) is 3.34. The highest BCUT2D eigenvalue weighted by atomic mass is 16.5. The third-order valence-corrected chi connectivity index (χ3v) is 4.62. The minimum absolute atomic E-state index is 0.0181. The summed E-state index contributed by atoms with van der Waals surface area (Å²) in [7, 11) is 1.75. The standard InChI is InChI=1S/C20H27N5O2/c1-14-11-25(12-15(2)27-14)20-22-9-18(10-23-20)17-6-4-5-16(7-17)13-24(3)19(26)8-21/h4-7,9-10,14-15H,8,11-13,21H2,1-3H3/t14-,15+. The number of aromatic nitrogens is 2. The van der Waals surface area contributed by atoms with E-state index in [2.05, 4.69) is 34.8 Å². The van der Waals surface area contributed by atoms with Gasteiger partial charge in [0.25, 0.3) is 0 Å². The first kappa shape index (κ1) is 19.3. The smallest absolute Gasteiger partial charge is 0.236 e. The normalized spacial score (nSPS) is 19.8. The van der Waals surface area contributed by atoms with Crippen LogP contribution in [0.1, 0.15) is 19.4 Å². The summed E-state index contributed by atoms with van der Waals surface area (Å²) in [5, 5.41) is 0. The fraction of sp³-hybridized carbons (Fsp3) is 0.450. The second-order valence-electron chi connectivity index (χ2n) is 7.09. The van der Waals surface area contributed by atoms with Crippen LogP contribution >= 0.6 is 0 Å². The van der Waals surface area contributed by atoms with Crippen LogP contribution in [0, 0.1) is 0 Å². The number of nitrogens with two attached hydrogens (primary N) is 1. The first-order valence-corrected chi connectivity index (χ1v) is 9.22. The molecule has 2 N–H and O–H groups in total. The predicted octanol–water partition coefficient (Wildman–Crippen LogP) is 1.67. The zero-order chi connectivity index (χ0) is 19.4. The molecule has 27 heavy (non-hydrogen) atoms. The summed E-state index contributed by atoms with van der Waals surface area (Å²) < 4.78 is 5.77. The molecule has 0 spiro atoms. The van der Waals surface area contributed by atoms with Crippen LogP contribution in [0.4, 0.5) is 5.95 Å². The molecule has 1 aliphatic heterocycles. The van der Waals surface area contributed by atoms with Gasteiger partial charge in [0, 0.05) is 44.6 Å². The summed E-state index contributed by atoms with van der Waals surface area (Å²) in [4.78, 5) is 24.6. The molecule has 1 aromatic heterocycles. The number of amides is 1. The number of morpholine rings is 1. The molecular weight excluding hydrogens is 342 g/mol. The molecule has 2 heterocycles. The van der Waals surface area contributed by atoms with Gasteiger partial charge in [-0.25, -0.2) is 9.97 Å². The Balaban J connectivity index is 1.73. The highest BCUT2D eigenvalue weighted by Gasteiger charge is 2.23. The molecule has 7 heteroatoms. The summed E-state index contributed by atoms with van der Waals surface area (Å²) in [6.07, 6.45) is 4.03. The Hall–Kier alpha value is -2.51. The van der Waals surface area contributed by atoms with Crippen molar-refractivity contribution in [2.45, 2.75) is 32.6 Å². The van der Waals surface area contributed by atoms with Gasteiger partial charge in [-0.15, -0.1) is 0 Å². The van der Waals surface area contributed by atoms with E-state index >= 15 is 0 Å². The average Bonchev–Trinajstić information content (AvgIpc) is 2.67. The number of rotatable bonds is 5. The number of benzene rings is 1. The van der Waals surface area contributed by atoms with Crippen molar-refractivity contribution in [3.63, 3.8) is 0 Å². The molecule has 1 fully saturated rings. The van der Waals surface area contributed by atoms with Gasteiger partial charge in [0.15, 0.2) is 0 Å². The van der Waals surface area contributed by atoms with Gasteiger partial charge in [-0.05, 0) is 31.0 Å². The molecular formula is C20H27N5O2. The summed E-state index contributed by atoms with van der Waals surface area (Å²) >= 11 is 0. The van der Waals surface area contributed by atoms with E-state index in [9.17, 15) is 4.79 Å². The minimum atomic E-state index is -0.0814. The number of nitrogens with zero attached hydrogens (tertiary/aromatic N) is 4. The quantitative estimate of drug-likeness (QED) is 0.863. The molecule has 2 aromatic rings. The largest absolute Gasteiger partial charge is 0.372 e. The lowest BCUT2D eigenvalue weighted by molar-refractivity contribution is -0.128. The zero-order valence-corrected chi connectivity index (χ0v) is 16.1. The fourth-order valence-corrected chi connectivity index (χ4v) is 3.34. The van der Waals surface area contributed by atoms with Gasteiger partial charge < -0.3 is 20.3 Å². The summed E-state index contributed by atoms with van der Waals surface area (Å²) in [6, 6.07) is 8.04. The number of likely N-dealkylation sites (N-methyl/N-ethyl adjacent to an activating group) is 1. The SMILES string of the molecule is C[C@@H]1CN(c2ncc(-c3cccc(CN(C)C(=O)CN)c3)cn2)C[C@H](C)O1. The second kappa shape index (κ2) is 8.45. The molecule has 0 radical (unpaired) electrons. The van der Waals surface area contributed by atoms with Gasteiger partial charge in [-0.3, -0.25) is 4.79 Å². The molecule has 0 saturated carbocycles. The Kier molecular flexibility index (Phi) is 6.03. The van der Waals surface area contributed by atoms with Crippen molar-refractivity contribution in [3.8, 4) is 11.1 Å². The van der Waals surface area contributed by atoms with E-state index < -0.39 is 0 Å². The van der Waals surface area contributed by atoms with Gasteiger partial charge in [0.1, 0.15) is 0 Å². The molecule has 1 aliphatic rings. The van der Waals surface area contributed by atoms with E-state index in [0.717, 1.165) is 35.7 Å².